The van der Waals surface area contributed by atoms with Crippen LogP contribution in [0.3, 0.4) is 0 Å². The molecule has 1 N–H and O–H groups in total. The molecule has 0 aromatic carbocycles. The molecule has 1 heterocycles. The fourth-order valence-electron chi connectivity index (χ4n) is 1.35. The second-order valence-corrected chi connectivity index (χ2v) is 4.29. The van der Waals surface area contributed by atoms with Crippen molar-refractivity contribution in [1.82, 2.24) is 9.62 Å². The first-order valence-electron chi connectivity index (χ1n) is 5.06. The Balaban J connectivity index is 2.43. The van der Waals surface area contributed by atoms with Crippen LogP contribution in [0.2, 0.25) is 0 Å². The van der Waals surface area contributed by atoms with Gasteiger partial charge in [-0.3, -0.25) is 9.10 Å². The number of likely N-dealkylation sites (N-methyl/N-ethyl adjacent to an activating group) is 1. The summed E-state index contributed by atoms with van der Waals surface area (Å²) in [5.74, 6) is 1.01. The Labute approximate surface area is 89.5 Å². The van der Waals surface area contributed by atoms with Crippen molar-refractivity contribution in [2.75, 3.05) is 32.0 Å². The van der Waals surface area contributed by atoms with Gasteiger partial charge in [-0.05, 0) is 18.9 Å². The third-order valence-corrected chi connectivity index (χ3v) is 3.03. The van der Waals surface area contributed by atoms with Gasteiger partial charge in [0.15, 0.2) is 0 Å². The topological polar surface area (TPSA) is 41.6 Å². The summed E-state index contributed by atoms with van der Waals surface area (Å²) in [4.78, 5) is 11.9. The summed E-state index contributed by atoms with van der Waals surface area (Å²) in [6.07, 6.45) is -0.289. The van der Waals surface area contributed by atoms with E-state index in [0.717, 1.165) is 18.8 Å². The minimum Gasteiger partial charge on any atom is -0.366 e. The van der Waals surface area contributed by atoms with Gasteiger partial charge in [-0.25, -0.2) is 0 Å². The number of nitrogens with zero attached hydrogens (tertiary/aromatic N) is 1. The molecule has 82 valence electrons. The first kappa shape index (κ1) is 11.8. The van der Waals surface area contributed by atoms with Gasteiger partial charge in [-0.2, -0.15) is 0 Å². The molecule has 1 atom stereocenters. The lowest BCUT2D eigenvalue weighted by molar-refractivity contribution is -0.139. The van der Waals surface area contributed by atoms with Crippen LogP contribution in [0.1, 0.15) is 13.8 Å². The summed E-state index contributed by atoms with van der Waals surface area (Å²) in [6.45, 7) is 6.87. The fraction of sp³-hybridized carbons (Fsp3) is 0.889. The lowest BCUT2D eigenvalue weighted by Gasteiger charge is -2.27. The molecule has 1 amide bonds. The average molecular weight is 218 g/mol. The van der Waals surface area contributed by atoms with E-state index in [0.29, 0.717) is 13.2 Å². The SMILES string of the molecule is CCSN(CC)C(=O)C1CNCCO1. The molecule has 1 rings (SSSR count). The maximum Gasteiger partial charge on any atom is 0.262 e. The van der Waals surface area contributed by atoms with Gasteiger partial charge in [0, 0.05) is 25.4 Å². The average Bonchev–Trinajstić information content (AvgIpc) is 2.26. The second-order valence-electron chi connectivity index (χ2n) is 3.01. The highest BCUT2D eigenvalue weighted by molar-refractivity contribution is 7.97. The number of carbonyl (C=O) groups excluding carboxylic acids is 1. The van der Waals surface area contributed by atoms with Gasteiger partial charge in [0.1, 0.15) is 6.10 Å². The number of hydrogen-bond acceptors (Lipinski definition) is 4. The molecular weight excluding hydrogens is 200 g/mol. The van der Waals surface area contributed by atoms with E-state index in [-0.39, 0.29) is 12.0 Å². The van der Waals surface area contributed by atoms with Crippen molar-refractivity contribution in [3.63, 3.8) is 0 Å². The van der Waals surface area contributed by atoms with Crippen LogP contribution in [0.4, 0.5) is 0 Å². The lowest BCUT2D eigenvalue weighted by Crippen LogP contribution is -2.47. The van der Waals surface area contributed by atoms with Gasteiger partial charge >= 0.3 is 0 Å². The maximum atomic E-state index is 11.9. The number of carbonyl (C=O) groups is 1. The molecule has 0 spiro atoms. The van der Waals surface area contributed by atoms with Crippen molar-refractivity contribution in [3.8, 4) is 0 Å². The van der Waals surface area contributed by atoms with E-state index in [1.54, 1.807) is 16.3 Å². The molecule has 5 heteroatoms. The Morgan fingerprint density at radius 1 is 1.64 bits per heavy atom. The Morgan fingerprint density at radius 2 is 2.43 bits per heavy atom. The third kappa shape index (κ3) is 3.15. The Kier molecular flexibility index (Phi) is 5.29. The van der Waals surface area contributed by atoms with E-state index in [1.165, 1.54) is 0 Å². The summed E-state index contributed by atoms with van der Waals surface area (Å²) in [7, 11) is 0. The van der Waals surface area contributed by atoms with E-state index in [4.69, 9.17) is 4.74 Å². The molecule has 1 aliphatic rings. The summed E-state index contributed by atoms with van der Waals surface area (Å²) >= 11 is 1.55. The molecule has 0 bridgehead atoms. The Morgan fingerprint density at radius 3 is 2.93 bits per heavy atom. The summed E-state index contributed by atoms with van der Waals surface area (Å²) in [5.41, 5.74) is 0. The third-order valence-electron chi connectivity index (χ3n) is 2.02. The molecule has 1 unspecified atom stereocenters. The van der Waals surface area contributed by atoms with Gasteiger partial charge in [-0.15, -0.1) is 0 Å². The summed E-state index contributed by atoms with van der Waals surface area (Å²) in [6, 6.07) is 0. The number of rotatable bonds is 4. The predicted octanol–water partition coefficient (Wildman–Crippen LogP) is 0.491. The Hall–Kier alpha value is -0.260. The van der Waals surface area contributed by atoms with Gasteiger partial charge in [0.2, 0.25) is 0 Å². The van der Waals surface area contributed by atoms with Crippen molar-refractivity contribution in [3.05, 3.63) is 0 Å². The normalized spacial score (nSPS) is 22.0. The monoisotopic (exact) mass is 218 g/mol. The fourth-order valence-corrected chi connectivity index (χ4v) is 2.09. The zero-order valence-corrected chi connectivity index (χ0v) is 9.60. The molecule has 0 aliphatic carbocycles. The van der Waals surface area contributed by atoms with Gasteiger partial charge in [0.05, 0.1) is 6.61 Å². The second kappa shape index (κ2) is 6.27. The smallest absolute Gasteiger partial charge is 0.262 e. The zero-order valence-electron chi connectivity index (χ0n) is 8.78. The first-order valence-corrected chi connectivity index (χ1v) is 6.00. The highest BCUT2D eigenvalue weighted by Gasteiger charge is 2.25. The molecule has 4 nitrogen and oxygen atoms in total. The van der Waals surface area contributed by atoms with Crippen LogP contribution >= 0.6 is 11.9 Å². The molecule has 14 heavy (non-hydrogen) atoms. The highest BCUT2D eigenvalue weighted by atomic mass is 32.2. The lowest BCUT2D eigenvalue weighted by atomic mass is 10.3. The zero-order chi connectivity index (χ0) is 10.4. The van der Waals surface area contributed by atoms with E-state index in [2.05, 4.69) is 5.32 Å². The van der Waals surface area contributed by atoms with Gasteiger partial charge in [0.25, 0.3) is 5.91 Å². The molecule has 1 fully saturated rings. The quantitative estimate of drug-likeness (QED) is 0.697. The first-order chi connectivity index (χ1) is 6.79. The van der Waals surface area contributed by atoms with Gasteiger partial charge < -0.3 is 10.1 Å². The van der Waals surface area contributed by atoms with Crippen LogP contribution in [-0.4, -0.2) is 48.3 Å². The van der Waals surface area contributed by atoms with Crippen molar-refractivity contribution >= 4 is 17.9 Å². The van der Waals surface area contributed by atoms with Crippen LogP contribution in [-0.2, 0) is 9.53 Å². The van der Waals surface area contributed by atoms with Gasteiger partial charge in [-0.1, -0.05) is 6.92 Å². The molecule has 0 aromatic rings. The number of amides is 1. The van der Waals surface area contributed by atoms with Crippen molar-refractivity contribution in [2.45, 2.75) is 20.0 Å². The Bertz CT molecular complexity index is 177. The van der Waals surface area contributed by atoms with E-state index >= 15 is 0 Å². The van der Waals surface area contributed by atoms with E-state index < -0.39 is 0 Å². The summed E-state index contributed by atoms with van der Waals surface area (Å²) in [5, 5.41) is 3.16. The van der Waals surface area contributed by atoms with E-state index in [1.807, 2.05) is 13.8 Å². The van der Waals surface area contributed by atoms with Crippen LogP contribution in [0.15, 0.2) is 0 Å². The van der Waals surface area contributed by atoms with Crippen LogP contribution in [0.25, 0.3) is 0 Å². The van der Waals surface area contributed by atoms with Crippen molar-refractivity contribution in [1.29, 1.82) is 0 Å². The maximum absolute atomic E-state index is 11.9. The van der Waals surface area contributed by atoms with Crippen LogP contribution in [0.5, 0.6) is 0 Å². The number of hydrogen-bond donors (Lipinski definition) is 1. The van der Waals surface area contributed by atoms with Crippen molar-refractivity contribution < 1.29 is 9.53 Å². The number of nitrogens with one attached hydrogen (secondary N) is 1. The molecule has 1 saturated heterocycles. The molecule has 0 aromatic heterocycles. The minimum absolute atomic E-state index is 0.0894. The predicted molar refractivity (Wildman–Crippen MR) is 58.1 cm³/mol. The standard InChI is InChI=1S/C9H18N2O2S/c1-3-11(14-4-2)9(12)8-7-10-5-6-13-8/h8,10H,3-7H2,1-2H3. The molecular formula is C9H18N2O2S. The number of morpholine rings is 1. The summed E-state index contributed by atoms with van der Waals surface area (Å²) < 4.78 is 7.18. The highest BCUT2D eigenvalue weighted by Crippen LogP contribution is 2.12. The number of ether oxygens (including phenoxy) is 1. The molecule has 0 radical (unpaired) electrons. The van der Waals surface area contributed by atoms with Crippen LogP contribution < -0.4 is 5.32 Å². The molecule has 1 aliphatic heterocycles. The largest absolute Gasteiger partial charge is 0.366 e. The van der Waals surface area contributed by atoms with Crippen LogP contribution in [0, 0.1) is 0 Å². The van der Waals surface area contributed by atoms with Crippen molar-refractivity contribution in [2.24, 2.45) is 0 Å². The van der Waals surface area contributed by atoms with E-state index in [9.17, 15) is 4.79 Å². The molecule has 0 saturated carbocycles. The minimum atomic E-state index is -0.289.